The summed E-state index contributed by atoms with van der Waals surface area (Å²) in [6.07, 6.45) is 5.85. The molecule has 1 fully saturated rings. The number of aryl methyl sites for hydroxylation is 1. The van der Waals surface area contributed by atoms with Crippen molar-refractivity contribution in [3.63, 3.8) is 0 Å². The summed E-state index contributed by atoms with van der Waals surface area (Å²) < 4.78 is 0. The van der Waals surface area contributed by atoms with Gasteiger partial charge in [-0.2, -0.15) is 0 Å². The average molecular weight is 267 g/mol. The Morgan fingerprint density at radius 3 is 2.89 bits per heavy atom. The van der Waals surface area contributed by atoms with E-state index in [9.17, 15) is 4.79 Å². The van der Waals surface area contributed by atoms with E-state index in [4.69, 9.17) is 11.6 Å². The summed E-state index contributed by atoms with van der Waals surface area (Å²) >= 11 is 5.90. The number of carbonyl (C=O) groups excluding carboxylic acids is 1. The van der Waals surface area contributed by atoms with Gasteiger partial charge in [-0.3, -0.25) is 4.79 Å². The molecular weight excluding hydrogens is 248 g/mol. The van der Waals surface area contributed by atoms with Crippen LogP contribution >= 0.6 is 11.6 Å². The van der Waals surface area contributed by atoms with Gasteiger partial charge in [-0.1, -0.05) is 37.8 Å². The maximum Gasteiger partial charge on any atom is 0.251 e. The fraction of sp³-hybridized carbons (Fsp3) is 0.571. The average Bonchev–Trinajstić information content (AvgIpc) is 2.31. The first-order chi connectivity index (χ1) is 8.69. The topological polar surface area (TPSA) is 42.0 Å². The van der Waals surface area contributed by atoms with Crippen LogP contribution in [0.2, 0.25) is 5.15 Å². The second kappa shape index (κ2) is 6.19. The highest BCUT2D eigenvalue weighted by atomic mass is 35.5. The molecule has 4 heteroatoms. The Labute approximate surface area is 113 Å². The molecule has 0 atom stereocenters. The minimum Gasteiger partial charge on any atom is -0.352 e. The molecule has 0 spiro atoms. The van der Waals surface area contributed by atoms with Crippen molar-refractivity contribution < 1.29 is 4.79 Å². The summed E-state index contributed by atoms with van der Waals surface area (Å²) in [6, 6.07) is 3.43. The number of hydrogen-bond acceptors (Lipinski definition) is 2. The summed E-state index contributed by atoms with van der Waals surface area (Å²) in [5.74, 6) is 0.769. The monoisotopic (exact) mass is 266 g/mol. The molecule has 1 saturated carbocycles. The number of hydrogen-bond donors (Lipinski definition) is 1. The number of amides is 1. The molecule has 1 N–H and O–H groups in total. The second-order valence-electron chi connectivity index (χ2n) is 4.86. The summed E-state index contributed by atoms with van der Waals surface area (Å²) in [6.45, 7) is 2.75. The second-order valence-corrected chi connectivity index (χ2v) is 5.25. The van der Waals surface area contributed by atoms with Gasteiger partial charge in [-0.15, -0.1) is 0 Å². The largest absolute Gasteiger partial charge is 0.352 e. The zero-order valence-electron chi connectivity index (χ0n) is 10.7. The van der Waals surface area contributed by atoms with Crippen molar-refractivity contribution in [3.8, 4) is 0 Å². The van der Waals surface area contributed by atoms with Crippen LogP contribution in [0, 0.1) is 5.92 Å². The molecule has 1 aliphatic rings. The highest BCUT2D eigenvalue weighted by Crippen LogP contribution is 2.28. The SMILES string of the molecule is CCc1cc(C(=O)NCCC2CCC2)cc(Cl)n1. The third-order valence-electron chi connectivity index (χ3n) is 3.53. The van der Waals surface area contributed by atoms with Crippen LogP contribution in [0.5, 0.6) is 0 Å². The first kappa shape index (κ1) is 13.3. The number of pyridine rings is 1. The predicted molar refractivity (Wildman–Crippen MR) is 72.9 cm³/mol. The number of nitrogens with one attached hydrogen (secondary N) is 1. The summed E-state index contributed by atoms with van der Waals surface area (Å²) in [5, 5.41) is 3.34. The van der Waals surface area contributed by atoms with Crippen LogP contribution < -0.4 is 5.32 Å². The molecule has 0 bridgehead atoms. The molecule has 2 rings (SSSR count). The Morgan fingerprint density at radius 1 is 1.50 bits per heavy atom. The highest BCUT2D eigenvalue weighted by molar-refractivity contribution is 6.29. The fourth-order valence-electron chi connectivity index (χ4n) is 2.14. The molecule has 1 amide bonds. The molecule has 98 valence electrons. The molecule has 0 aromatic carbocycles. The third-order valence-corrected chi connectivity index (χ3v) is 3.73. The van der Waals surface area contributed by atoms with Gasteiger partial charge in [0.25, 0.3) is 5.91 Å². The normalized spacial score (nSPS) is 15.2. The van der Waals surface area contributed by atoms with Crippen LogP contribution in [0.25, 0.3) is 0 Å². The Kier molecular flexibility index (Phi) is 4.59. The van der Waals surface area contributed by atoms with Gasteiger partial charge in [-0.05, 0) is 30.9 Å². The zero-order valence-corrected chi connectivity index (χ0v) is 11.5. The third kappa shape index (κ3) is 3.45. The van der Waals surface area contributed by atoms with Gasteiger partial charge < -0.3 is 5.32 Å². The molecule has 1 heterocycles. The highest BCUT2D eigenvalue weighted by Gasteiger charge is 2.17. The molecule has 0 radical (unpaired) electrons. The van der Waals surface area contributed by atoms with Gasteiger partial charge in [0.1, 0.15) is 5.15 Å². The Hall–Kier alpha value is -1.09. The minimum atomic E-state index is -0.0478. The van der Waals surface area contributed by atoms with E-state index in [1.165, 1.54) is 19.3 Å². The van der Waals surface area contributed by atoms with Crippen LogP contribution in [0.4, 0.5) is 0 Å². The van der Waals surface area contributed by atoms with E-state index in [2.05, 4.69) is 10.3 Å². The zero-order chi connectivity index (χ0) is 13.0. The maximum atomic E-state index is 12.0. The number of nitrogens with zero attached hydrogens (tertiary/aromatic N) is 1. The standard InChI is InChI=1S/C14H19ClN2O/c1-2-12-8-11(9-13(15)17-12)14(18)16-7-6-10-4-3-5-10/h8-10H,2-7H2,1H3,(H,16,18). The Bertz CT molecular complexity index is 430. The number of rotatable bonds is 5. The lowest BCUT2D eigenvalue weighted by Crippen LogP contribution is -2.27. The molecule has 0 aliphatic heterocycles. The first-order valence-electron chi connectivity index (χ1n) is 6.63. The van der Waals surface area contributed by atoms with Crippen LogP contribution in [0.15, 0.2) is 12.1 Å². The van der Waals surface area contributed by atoms with E-state index in [0.717, 1.165) is 31.0 Å². The summed E-state index contributed by atoms with van der Waals surface area (Å²) in [4.78, 5) is 16.1. The van der Waals surface area contributed by atoms with E-state index < -0.39 is 0 Å². The quantitative estimate of drug-likeness (QED) is 0.832. The lowest BCUT2D eigenvalue weighted by atomic mass is 9.83. The Balaban J connectivity index is 1.88. The van der Waals surface area contributed by atoms with Crippen molar-refractivity contribution in [2.45, 2.75) is 39.0 Å². The van der Waals surface area contributed by atoms with Crippen molar-refractivity contribution in [1.82, 2.24) is 10.3 Å². The van der Waals surface area contributed by atoms with Gasteiger partial charge in [0.05, 0.1) is 0 Å². The van der Waals surface area contributed by atoms with Gasteiger partial charge in [-0.25, -0.2) is 4.98 Å². The van der Waals surface area contributed by atoms with Crippen molar-refractivity contribution in [1.29, 1.82) is 0 Å². The van der Waals surface area contributed by atoms with E-state index in [1.807, 2.05) is 13.0 Å². The number of aromatic nitrogens is 1. The van der Waals surface area contributed by atoms with Gasteiger partial charge >= 0.3 is 0 Å². The number of carbonyl (C=O) groups is 1. The van der Waals surface area contributed by atoms with Crippen LogP contribution in [0.3, 0.4) is 0 Å². The van der Waals surface area contributed by atoms with Crippen molar-refractivity contribution in [2.24, 2.45) is 5.92 Å². The van der Waals surface area contributed by atoms with Crippen LogP contribution in [-0.4, -0.2) is 17.4 Å². The predicted octanol–water partition coefficient (Wildman–Crippen LogP) is 3.22. The summed E-state index contributed by atoms with van der Waals surface area (Å²) in [5.41, 5.74) is 1.46. The van der Waals surface area contributed by atoms with E-state index in [1.54, 1.807) is 6.07 Å². The van der Waals surface area contributed by atoms with Crippen molar-refractivity contribution in [3.05, 3.63) is 28.5 Å². The van der Waals surface area contributed by atoms with E-state index in [0.29, 0.717) is 10.7 Å². The lowest BCUT2D eigenvalue weighted by Gasteiger charge is -2.25. The molecule has 1 aliphatic carbocycles. The van der Waals surface area contributed by atoms with Crippen LogP contribution in [-0.2, 0) is 6.42 Å². The minimum absolute atomic E-state index is 0.0478. The first-order valence-corrected chi connectivity index (χ1v) is 7.01. The Morgan fingerprint density at radius 2 is 2.28 bits per heavy atom. The molecule has 0 unspecified atom stereocenters. The molecule has 1 aromatic rings. The van der Waals surface area contributed by atoms with E-state index >= 15 is 0 Å². The molecule has 1 aromatic heterocycles. The molecule has 18 heavy (non-hydrogen) atoms. The fourth-order valence-corrected chi connectivity index (χ4v) is 2.36. The maximum absolute atomic E-state index is 12.0. The molecule has 3 nitrogen and oxygen atoms in total. The van der Waals surface area contributed by atoms with Crippen LogP contribution in [0.1, 0.15) is 48.7 Å². The molecule has 0 saturated heterocycles. The van der Waals surface area contributed by atoms with Crippen molar-refractivity contribution in [2.75, 3.05) is 6.54 Å². The van der Waals surface area contributed by atoms with Gasteiger partial charge in [0, 0.05) is 17.8 Å². The van der Waals surface area contributed by atoms with Gasteiger partial charge in [0.15, 0.2) is 0 Å². The van der Waals surface area contributed by atoms with E-state index in [-0.39, 0.29) is 5.91 Å². The molecular formula is C14H19ClN2O. The lowest BCUT2D eigenvalue weighted by molar-refractivity contribution is 0.0948. The number of halogens is 1. The smallest absolute Gasteiger partial charge is 0.251 e. The van der Waals surface area contributed by atoms with Crippen molar-refractivity contribution >= 4 is 17.5 Å². The summed E-state index contributed by atoms with van der Waals surface area (Å²) in [7, 11) is 0. The van der Waals surface area contributed by atoms with Gasteiger partial charge in [0.2, 0.25) is 0 Å².